The Kier molecular flexibility index (Phi) is 5.06. The molecule has 5 rings (SSSR count). The molecule has 0 saturated heterocycles. The van der Waals surface area contributed by atoms with Crippen molar-refractivity contribution in [2.24, 2.45) is 0 Å². The van der Waals surface area contributed by atoms with Crippen molar-refractivity contribution in [2.45, 2.75) is 13.0 Å². The van der Waals surface area contributed by atoms with Crippen molar-refractivity contribution in [3.8, 4) is 5.88 Å². The zero-order valence-electron chi connectivity index (χ0n) is 16.9. The summed E-state index contributed by atoms with van der Waals surface area (Å²) in [5.74, 6) is 0.965. The molecule has 0 radical (unpaired) electrons. The average molecular weight is 411 g/mol. The highest BCUT2D eigenvalue weighted by Gasteiger charge is 2.14. The first kappa shape index (κ1) is 19.2. The normalized spacial score (nSPS) is 11.4. The van der Waals surface area contributed by atoms with Crippen molar-refractivity contribution >= 4 is 32.6 Å². The SMILES string of the molecule is O=c1c2ccccc2c2ccccc2n1Cc1nc(OCCCO)c2ccccc2n1. The average Bonchev–Trinajstić information content (AvgIpc) is 2.82. The van der Waals surface area contributed by atoms with Gasteiger partial charge in [0, 0.05) is 23.8 Å². The molecule has 3 aromatic carbocycles. The third-order valence-electron chi connectivity index (χ3n) is 5.34. The van der Waals surface area contributed by atoms with Crippen LogP contribution in [0.3, 0.4) is 0 Å². The number of fused-ring (bicyclic) bond motifs is 4. The lowest BCUT2D eigenvalue weighted by atomic mass is 10.1. The smallest absolute Gasteiger partial charge is 0.259 e. The summed E-state index contributed by atoms with van der Waals surface area (Å²) in [6.07, 6.45) is 0.516. The zero-order chi connectivity index (χ0) is 21.2. The van der Waals surface area contributed by atoms with E-state index in [0.29, 0.717) is 30.1 Å². The second-order valence-corrected chi connectivity index (χ2v) is 7.34. The third-order valence-corrected chi connectivity index (χ3v) is 5.34. The molecule has 0 aliphatic heterocycles. The van der Waals surface area contributed by atoms with Gasteiger partial charge in [0.2, 0.25) is 5.88 Å². The van der Waals surface area contributed by atoms with Crippen LogP contribution in [0, 0.1) is 0 Å². The van der Waals surface area contributed by atoms with Gasteiger partial charge in [-0.1, -0.05) is 48.5 Å². The van der Waals surface area contributed by atoms with Crippen molar-refractivity contribution < 1.29 is 9.84 Å². The fourth-order valence-corrected chi connectivity index (χ4v) is 3.90. The molecular formula is C25H21N3O3. The number of aliphatic hydroxyl groups is 1. The number of rotatable bonds is 6. The molecule has 0 bridgehead atoms. The van der Waals surface area contributed by atoms with Gasteiger partial charge in [0.05, 0.1) is 29.6 Å². The topological polar surface area (TPSA) is 77.2 Å². The molecule has 154 valence electrons. The molecule has 0 spiro atoms. The van der Waals surface area contributed by atoms with Gasteiger partial charge in [-0.15, -0.1) is 0 Å². The van der Waals surface area contributed by atoms with Crippen molar-refractivity contribution in [1.82, 2.24) is 14.5 Å². The number of para-hydroxylation sites is 2. The summed E-state index contributed by atoms with van der Waals surface area (Å²) in [7, 11) is 0. The molecule has 0 amide bonds. The quantitative estimate of drug-likeness (QED) is 0.339. The fraction of sp³-hybridized carbons (Fsp3) is 0.160. The van der Waals surface area contributed by atoms with Gasteiger partial charge < -0.3 is 14.4 Å². The minimum Gasteiger partial charge on any atom is -0.477 e. The van der Waals surface area contributed by atoms with Crippen molar-refractivity contribution in [1.29, 1.82) is 0 Å². The molecule has 0 saturated carbocycles. The lowest BCUT2D eigenvalue weighted by molar-refractivity contribution is 0.230. The largest absolute Gasteiger partial charge is 0.477 e. The molecule has 0 unspecified atom stereocenters. The van der Waals surface area contributed by atoms with Gasteiger partial charge in [0.15, 0.2) is 5.82 Å². The number of ether oxygens (including phenoxy) is 1. The van der Waals surface area contributed by atoms with Gasteiger partial charge in [0.1, 0.15) is 0 Å². The van der Waals surface area contributed by atoms with E-state index in [1.807, 2.05) is 72.8 Å². The van der Waals surface area contributed by atoms with E-state index in [9.17, 15) is 4.79 Å². The van der Waals surface area contributed by atoms with Crippen LogP contribution in [0.15, 0.2) is 77.6 Å². The van der Waals surface area contributed by atoms with Crippen molar-refractivity contribution in [3.05, 3.63) is 89.0 Å². The van der Waals surface area contributed by atoms with Crippen LogP contribution >= 0.6 is 0 Å². The van der Waals surface area contributed by atoms with Crippen LogP contribution in [0.5, 0.6) is 5.88 Å². The Balaban J connectivity index is 1.67. The molecular weight excluding hydrogens is 390 g/mol. The highest BCUT2D eigenvalue weighted by atomic mass is 16.5. The molecule has 0 aliphatic rings. The summed E-state index contributed by atoms with van der Waals surface area (Å²) in [4.78, 5) is 22.7. The van der Waals surface area contributed by atoms with Crippen LogP contribution in [-0.4, -0.2) is 32.9 Å². The van der Waals surface area contributed by atoms with Crippen LogP contribution in [0.1, 0.15) is 12.2 Å². The van der Waals surface area contributed by atoms with Gasteiger partial charge in [-0.3, -0.25) is 4.79 Å². The number of hydrogen-bond acceptors (Lipinski definition) is 5. The standard InChI is InChI=1S/C25H21N3O3/c29-14-7-15-31-24-20-11-3-5-12-21(20)26-23(27-24)16-28-22-13-6-4-9-18(22)17-8-1-2-10-19(17)25(28)30/h1-6,8-13,29H,7,14-16H2. The van der Waals surface area contributed by atoms with Gasteiger partial charge in [0.25, 0.3) is 5.56 Å². The van der Waals surface area contributed by atoms with Crippen LogP contribution in [0.25, 0.3) is 32.6 Å². The molecule has 0 fully saturated rings. The maximum atomic E-state index is 13.4. The molecule has 2 aromatic heterocycles. The summed E-state index contributed by atoms with van der Waals surface area (Å²) in [6.45, 7) is 0.634. The van der Waals surface area contributed by atoms with Crippen LogP contribution in [0.4, 0.5) is 0 Å². The van der Waals surface area contributed by atoms with E-state index in [2.05, 4.69) is 9.97 Å². The molecule has 5 aromatic rings. The van der Waals surface area contributed by atoms with Gasteiger partial charge >= 0.3 is 0 Å². The predicted octanol–water partition coefficient (Wildman–Crippen LogP) is 3.91. The maximum Gasteiger partial charge on any atom is 0.259 e. The zero-order valence-corrected chi connectivity index (χ0v) is 16.9. The van der Waals surface area contributed by atoms with Crippen LogP contribution < -0.4 is 10.3 Å². The molecule has 2 heterocycles. The maximum absolute atomic E-state index is 13.4. The van der Waals surface area contributed by atoms with Crippen LogP contribution in [-0.2, 0) is 6.54 Å². The Bertz CT molecular complexity index is 1460. The van der Waals surface area contributed by atoms with Gasteiger partial charge in [-0.25, -0.2) is 4.98 Å². The Hall–Kier alpha value is -3.77. The first-order valence-corrected chi connectivity index (χ1v) is 10.3. The summed E-state index contributed by atoms with van der Waals surface area (Å²) in [5.41, 5.74) is 1.52. The lowest BCUT2D eigenvalue weighted by Gasteiger charge is -2.14. The molecule has 0 atom stereocenters. The fourth-order valence-electron chi connectivity index (χ4n) is 3.90. The van der Waals surface area contributed by atoms with Crippen molar-refractivity contribution in [2.75, 3.05) is 13.2 Å². The third kappa shape index (κ3) is 3.51. The molecule has 6 heteroatoms. The lowest BCUT2D eigenvalue weighted by Crippen LogP contribution is -2.22. The van der Waals surface area contributed by atoms with Crippen LogP contribution in [0.2, 0.25) is 0 Å². The van der Waals surface area contributed by atoms with E-state index in [1.165, 1.54) is 0 Å². The van der Waals surface area contributed by atoms with E-state index in [1.54, 1.807) is 4.57 Å². The number of aromatic nitrogens is 3. The number of hydrogen-bond donors (Lipinski definition) is 1. The summed E-state index contributed by atoms with van der Waals surface area (Å²) < 4.78 is 7.55. The minimum absolute atomic E-state index is 0.0499. The predicted molar refractivity (Wildman–Crippen MR) is 122 cm³/mol. The van der Waals surface area contributed by atoms with E-state index < -0.39 is 0 Å². The van der Waals surface area contributed by atoms with E-state index >= 15 is 0 Å². The Labute approximate surface area is 178 Å². The second-order valence-electron chi connectivity index (χ2n) is 7.34. The van der Waals surface area contributed by atoms with Gasteiger partial charge in [-0.05, 0) is 29.7 Å². The first-order chi connectivity index (χ1) is 15.3. The summed E-state index contributed by atoms with van der Waals surface area (Å²) in [6, 6.07) is 23.2. The monoisotopic (exact) mass is 411 g/mol. The number of benzene rings is 3. The highest BCUT2D eigenvalue weighted by Crippen LogP contribution is 2.25. The Morgan fingerprint density at radius 2 is 1.48 bits per heavy atom. The van der Waals surface area contributed by atoms with E-state index in [4.69, 9.17) is 9.84 Å². The molecule has 1 N–H and O–H groups in total. The minimum atomic E-state index is -0.0752. The Morgan fingerprint density at radius 3 is 2.29 bits per heavy atom. The number of nitrogens with zero attached hydrogens (tertiary/aromatic N) is 3. The highest BCUT2D eigenvalue weighted by molar-refractivity contribution is 6.05. The second kappa shape index (κ2) is 8.16. The molecule has 6 nitrogen and oxygen atoms in total. The van der Waals surface area contributed by atoms with Gasteiger partial charge in [-0.2, -0.15) is 4.98 Å². The van der Waals surface area contributed by atoms with Crippen molar-refractivity contribution in [3.63, 3.8) is 0 Å². The number of pyridine rings is 1. The summed E-state index contributed by atoms with van der Waals surface area (Å²) in [5, 5.41) is 12.5. The number of aliphatic hydroxyl groups excluding tert-OH is 1. The summed E-state index contributed by atoms with van der Waals surface area (Å²) >= 11 is 0. The van der Waals surface area contributed by atoms with E-state index in [-0.39, 0.29) is 18.7 Å². The molecule has 0 aliphatic carbocycles. The van der Waals surface area contributed by atoms with E-state index in [0.717, 1.165) is 27.2 Å². The first-order valence-electron chi connectivity index (χ1n) is 10.3. The molecule has 31 heavy (non-hydrogen) atoms. The Morgan fingerprint density at radius 1 is 0.806 bits per heavy atom.